The average molecular weight is 382 g/mol. The minimum Gasteiger partial charge on any atom is -0.274 e. The summed E-state index contributed by atoms with van der Waals surface area (Å²) in [6.07, 6.45) is 9.55. The maximum Gasteiger partial charge on any atom is 0.0835 e. The van der Waals surface area contributed by atoms with E-state index in [1.807, 2.05) is 36.0 Å². The van der Waals surface area contributed by atoms with Gasteiger partial charge in [-0.1, -0.05) is 57.5 Å². The molecule has 2 aromatic rings. The van der Waals surface area contributed by atoms with Gasteiger partial charge >= 0.3 is 0 Å². The van der Waals surface area contributed by atoms with Crippen molar-refractivity contribution in [2.45, 2.75) is 22.1 Å². The van der Waals surface area contributed by atoms with Gasteiger partial charge in [0.25, 0.3) is 0 Å². The molecule has 1 atom stereocenters. The fraction of sp³-hybridized carbons (Fsp3) is 0.188. The van der Waals surface area contributed by atoms with Crippen molar-refractivity contribution in [3.63, 3.8) is 0 Å². The molecule has 1 aromatic heterocycles. The zero-order chi connectivity index (χ0) is 14.8. The second-order valence-electron chi connectivity index (χ2n) is 4.90. The van der Waals surface area contributed by atoms with E-state index in [1.165, 1.54) is 9.79 Å². The number of halogens is 2. The monoisotopic (exact) mass is 380 g/mol. The highest BCUT2D eigenvalue weighted by molar-refractivity contribution is 9.11. The summed E-state index contributed by atoms with van der Waals surface area (Å²) in [5.41, 5.74) is 1.13. The molecule has 1 heterocycles. The predicted molar refractivity (Wildman–Crippen MR) is 92.3 cm³/mol. The van der Waals surface area contributed by atoms with Crippen LogP contribution >= 0.6 is 39.3 Å². The Morgan fingerprint density at radius 2 is 2.10 bits per heavy atom. The first kappa shape index (κ1) is 14.9. The Labute approximate surface area is 142 Å². The SMILES string of the molecule is Cn1cc(Sc2ccc(Cl)cc2)c(C2C=CC(Br)=CC2)n1. The van der Waals surface area contributed by atoms with Gasteiger partial charge in [0.2, 0.25) is 0 Å². The Morgan fingerprint density at radius 3 is 2.76 bits per heavy atom. The van der Waals surface area contributed by atoms with Crippen molar-refractivity contribution in [2.75, 3.05) is 0 Å². The third-order valence-corrected chi connectivity index (χ3v) is 5.15. The fourth-order valence-corrected chi connectivity index (χ4v) is 3.74. The summed E-state index contributed by atoms with van der Waals surface area (Å²) in [6, 6.07) is 7.91. The maximum atomic E-state index is 5.94. The van der Waals surface area contributed by atoms with Crippen molar-refractivity contribution in [3.8, 4) is 0 Å². The minimum atomic E-state index is 0.335. The lowest BCUT2D eigenvalue weighted by Gasteiger charge is -2.13. The summed E-state index contributed by atoms with van der Waals surface area (Å²) in [5, 5.41) is 5.41. The Hall–Kier alpha value is -0.970. The zero-order valence-corrected chi connectivity index (χ0v) is 14.6. The van der Waals surface area contributed by atoms with Gasteiger partial charge < -0.3 is 0 Å². The molecular formula is C16H14BrClN2S. The number of rotatable bonds is 3. The van der Waals surface area contributed by atoms with Gasteiger partial charge in [0.1, 0.15) is 0 Å². The molecule has 21 heavy (non-hydrogen) atoms. The summed E-state index contributed by atoms with van der Waals surface area (Å²) >= 11 is 11.2. The molecular weight excluding hydrogens is 368 g/mol. The van der Waals surface area contributed by atoms with Crippen molar-refractivity contribution in [2.24, 2.45) is 7.05 Å². The Bertz CT molecular complexity index is 704. The molecule has 0 fully saturated rings. The second kappa shape index (κ2) is 6.42. The molecule has 2 nitrogen and oxygen atoms in total. The smallest absolute Gasteiger partial charge is 0.0835 e. The highest BCUT2D eigenvalue weighted by atomic mass is 79.9. The third kappa shape index (κ3) is 3.62. The highest BCUT2D eigenvalue weighted by Crippen LogP contribution is 2.37. The van der Waals surface area contributed by atoms with Gasteiger partial charge in [0.15, 0.2) is 0 Å². The predicted octanol–water partition coefficient (Wildman–Crippen LogP) is 5.55. The number of benzene rings is 1. The van der Waals surface area contributed by atoms with Crippen LogP contribution in [-0.2, 0) is 7.05 Å². The first-order valence-electron chi connectivity index (χ1n) is 6.62. The van der Waals surface area contributed by atoms with Crippen LogP contribution in [0.2, 0.25) is 5.02 Å². The number of aromatic nitrogens is 2. The fourth-order valence-electron chi connectivity index (χ4n) is 2.25. The topological polar surface area (TPSA) is 17.8 Å². The summed E-state index contributed by atoms with van der Waals surface area (Å²) in [7, 11) is 1.97. The second-order valence-corrected chi connectivity index (χ2v) is 7.37. The Balaban J connectivity index is 1.86. The lowest BCUT2D eigenvalue weighted by molar-refractivity contribution is 0.711. The molecule has 0 bridgehead atoms. The largest absolute Gasteiger partial charge is 0.274 e. The first-order chi connectivity index (χ1) is 10.1. The molecule has 0 radical (unpaired) electrons. The molecule has 0 saturated heterocycles. The van der Waals surface area contributed by atoms with Crippen LogP contribution in [0.1, 0.15) is 18.0 Å². The number of aryl methyl sites for hydroxylation is 1. The molecule has 1 unspecified atom stereocenters. The van der Waals surface area contributed by atoms with Crippen molar-refractivity contribution in [3.05, 3.63) is 63.9 Å². The van der Waals surface area contributed by atoms with Crippen molar-refractivity contribution < 1.29 is 0 Å². The number of allylic oxidation sites excluding steroid dienone is 4. The van der Waals surface area contributed by atoms with E-state index >= 15 is 0 Å². The standard InChI is InChI=1S/C16H14BrClN2S/c1-20-10-15(21-14-8-6-13(18)7-9-14)16(19-20)11-2-4-12(17)5-3-11/h2,4-11H,3H2,1H3. The lowest BCUT2D eigenvalue weighted by Crippen LogP contribution is -2.00. The minimum absolute atomic E-state index is 0.335. The third-order valence-electron chi connectivity index (χ3n) is 3.27. The number of nitrogens with zero attached hydrogens (tertiary/aromatic N) is 2. The zero-order valence-electron chi connectivity index (χ0n) is 11.5. The van der Waals surface area contributed by atoms with Crippen LogP contribution in [-0.4, -0.2) is 9.78 Å². The van der Waals surface area contributed by atoms with Crippen LogP contribution in [0.15, 0.2) is 63.0 Å². The van der Waals surface area contributed by atoms with Gasteiger partial charge in [0.05, 0.1) is 10.6 Å². The van der Waals surface area contributed by atoms with E-state index in [0.717, 1.165) is 21.6 Å². The molecule has 0 N–H and O–H groups in total. The maximum absolute atomic E-state index is 5.94. The van der Waals surface area contributed by atoms with E-state index in [1.54, 1.807) is 11.8 Å². The summed E-state index contributed by atoms with van der Waals surface area (Å²) in [5.74, 6) is 0.335. The molecule has 5 heteroatoms. The first-order valence-corrected chi connectivity index (χ1v) is 8.61. The summed E-state index contributed by atoms with van der Waals surface area (Å²) in [6.45, 7) is 0. The van der Waals surface area contributed by atoms with Crippen LogP contribution in [0.3, 0.4) is 0 Å². The van der Waals surface area contributed by atoms with Crippen LogP contribution in [0, 0.1) is 0 Å². The number of hydrogen-bond acceptors (Lipinski definition) is 2. The molecule has 0 aliphatic heterocycles. The van der Waals surface area contributed by atoms with Gasteiger partial charge in [-0.3, -0.25) is 4.68 Å². The van der Waals surface area contributed by atoms with Gasteiger partial charge in [-0.2, -0.15) is 5.10 Å². The van der Waals surface area contributed by atoms with Crippen LogP contribution in [0.5, 0.6) is 0 Å². The van der Waals surface area contributed by atoms with Crippen LogP contribution in [0.25, 0.3) is 0 Å². The molecule has 0 amide bonds. The van der Waals surface area contributed by atoms with E-state index in [2.05, 4.69) is 45.5 Å². The van der Waals surface area contributed by atoms with E-state index < -0.39 is 0 Å². The molecule has 108 valence electrons. The van der Waals surface area contributed by atoms with Gasteiger partial charge in [0, 0.05) is 33.6 Å². The van der Waals surface area contributed by atoms with Crippen molar-refractivity contribution in [1.29, 1.82) is 0 Å². The van der Waals surface area contributed by atoms with Gasteiger partial charge in [-0.15, -0.1) is 0 Å². The molecule has 1 aromatic carbocycles. The Kier molecular flexibility index (Phi) is 4.57. The van der Waals surface area contributed by atoms with Crippen molar-refractivity contribution in [1.82, 2.24) is 9.78 Å². The van der Waals surface area contributed by atoms with E-state index in [-0.39, 0.29) is 0 Å². The quantitative estimate of drug-likeness (QED) is 0.694. The van der Waals surface area contributed by atoms with Crippen LogP contribution in [0.4, 0.5) is 0 Å². The van der Waals surface area contributed by atoms with Crippen molar-refractivity contribution >= 4 is 39.3 Å². The summed E-state index contributed by atoms with van der Waals surface area (Å²) in [4.78, 5) is 2.37. The Morgan fingerprint density at radius 1 is 1.33 bits per heavy atom. The van der Waals surface area contributed by atoms with E-state index in [0.29, 0.717) is 5.92 Å². The van der Waals surface area contributed by atoms with Gasteiger partial charge in [-0.05, 0) is 30.7 Å². The molecule has 3 rings (SSSR count). The normalized spacial score (nSPS) is 17.9. The highest BCUT2D eigenvalue weighted by Gasteiger charge is 2.19. The number of hydrogen-bond donors (Lipinski definition) is 0. The van der Waals surface area contributed by atoms with Gasteiger partial charge in [-0.25, -0.2) is 0 Å². The molecule has 0 spiro atoms. The molecule has 1 aliphatic rings. The van der Waals surface area contributed by atoms with E-state index in [4.69, 9.17) is 11.6 Å². The van der Waals surface area contributed by atoms with E-state index in [9.17, 15) is 0 Å². The molecule has 1 aliphatic carbocycles. The average Bonchev–Trinajstić information content (AvgIpc) is 2.83. The lowest BCUT2D eigenvalue weighted by atomic mass is 9.97. The summed E-state index contributed by atoms with van der Waals surface area (Å²) < 4.78 is 3.02. The molecule has 0 saturated carbocycles. The van der Waals surface area contributed by atoms with Crippen LogP contribution < -0.4 is 0 Å².